The van der Waals surface area contributed by atoms with Gasteiger partial charge >= 0.3 is 0 Å². The van der Waals surface area contributed by atoms with Crippen LogP contribution in [0.25, 0.3) is 0 Å². The van der Waals surface area contributed by atoms with E-state index in [1.165, 1.54) is 30.3 Å². The van der Waals surface area contributed by atoms with Crippen LogP contribution >= 0.6 is 0 Å². The second-order valence-electron chi connectivity index (χ2n) is 3.84. The van der Waals surface area contributed by atoms with Gasteiger partial charge in [-0.1, -0.05) is 18.2 Å². The molecule has 0 amide bonds. The van der Waals surface area contributed by atoms with E-state index in [9.17, 15) is 13.0 Å². The van der Waals surface area contributed by atoms with Crippen LogP contribution in [0.3, 0.4) is 0 Å². The van der Waals surface area contributed by atoms with Gasteiger partial charge in [-0.15, -0.1) is 0 Å². The summed E-state index contributed by atoms with van der Waals surface area (Å²) in [7, 11) is -1.66. The third kappa shape index (κ3) is 3.04. The number of hydrogen-bond donors (Lipinski definition) is 0. The van der Waals surface area contributed by atoms with Crippen molar-refractivity contribution in [1.82, 2.24) is 0 Å². The topological polar surface area (TPSA) is 40.9 Å². The highest BCUT2D eigenvalue weighted by Crippen LogP contribution is 2.18. The minimum absolute atomic E-state index is 0.0475. The first-order valence-electron chi connectivity index (χ1n) is 5.43. The van der Waals surface area contributed by atoms with Gasteiger partial charge < -0.3 is 0 Å². The summed E-state index contributed by atoms with van der Waals surface area (Å²) in [5.41, 5.74) is 0.388. The molecular formula is C14H9F2NOS. The Morgan fingerprint density at radius 3 is 2.47 bits per heavy atom. The monoisotopic (exact) mass is 277 g/mol. The molecule has 0 saturated carbocycles. The summed E-state index contributed by atoms with van der Waals surface area (Å²) in [6.07, 6.45) is 0. The quantitative estimate of drug-likeness (QED) is 0.864. The van der Waals surface area contributed by atoms with E-state index in [0.717, 1.165) is 6.07 Å². The summed E-state index contributed by atoms with van der Waals surface area (Å²) in [5, 5.41) is 8.62. The highest BCUT2D eigenvalue weighted by molar-refractivity contribution is 7.84. The smallest absolute Gasteiger partial charge is 0.139 e. The molecule has 0 aliphatic heterocycles. The first kappa shape index (κ1) is 13.4. The van der Waals surface area contributed by atoms with Crippen molar-refractivity contribution in [1.29, 1.82) is 5.26 Å². The molecule has 0 N–H and O–H groups in total. The summed E-state index contributed by atoms with van der Waals surface area (Å²) in [6.45, 7) is 0. The van der Waals surface area contributed by atoms with E-state index in [1.54, 1.807) is 6.07 Å². The van der Waals surface area contributed by atoms with Crippen molar-refractivity contribution in [2.24, 2.45) is 0 Å². The molecule has 2 nitrogen and oxygen atoms in total. The fraction of sp³-hybridized carbons (Fsp3) is 0.0714. The fourth-order valence-corrected chi connectivity index (χ4v) is 2.77. The fourth-order valence-electron chi connectivity index (χ4n) is 1.58. The zero-order valence-corrected chi connectivity index (χ0v) is 10.6. The number of halogens is 2. The van der Waals surface area contributed by atoms with Gasteiger partial charge in [-0.25, -0.2) is 8.78 Å². The van der Waals surface area contributed by atoms with Crippen molar-refractivity contribution in [2.75, 3.05) is 0 Å². The lowest BCUT2D eigenvalue weighted by molar-refractivity contribution is 0.593. The molecule has 2 aromatic rings. The molecule has 0 aliphatic rings. The Balaban J connectivity index is 2.25. The molecule has 5 heteroatoms. The maximum Gasteiger partial charge on any atom is 0.139 e. The Morgan fingerprint density at radius 1 is 1.11 bits per heavy atom. The van der Waals surface area contributed by atoms with Gasteiger partial charge in [-0.3, -0.25) is 4.21 Å². The summed E-state index contributed by atoms with van der Waals surface area (Å²) in [5.74, 6) is -1.31. The molecule has 96 valence electrons. The van der Waals surface area contributed by atoms with E-state index < -0.39 is 22.4 Å². The van der Waals surface area contributed by atoms with Gasteiger partial charge in [0.25, 0.3) is 0 Å². The van der Waals surface area contributed by atoms with Crippen LogP contribution in [0.4, 0.5) is 8.78 Å². The molecule has 1 atom stereocenters. The van der Waals surface area contributed by atoms with Crippen LogP contribution in [0, 0.1) is 23.0 Å². The SMILES string of the molecule is N#Cc1ccc(CS(=O)c2ccccc2F)c(F)c1. The Kier molecular flexibility index (Phi) is 4.03. The van der Waals surface area contributed by atoms with Gasteiger partial charge in [0.05, 0.1) is 33.1 Å². The van der Waals surface area contributed by atoms with Gasteiger partial charge in [-0.05, 0) is 24.3 Å². The van der Waals surface area contributed by atoms with Crippen molar-refractivity contribution in [3.8, 4) is 6.07 Å². The van der Waals surface area contributed by atoms with E-state index in [1.807, 2.05) is 6.07 Å². The van der Waals surface area contributed by atoms with Gasteiger partial charge in [0, 0.05) is 5.56 Å². The van der Waals surface area contributed by atoms with Crippen LogP contribution in [0.1, 0.15) is 11.1 Å². The molecule has 19 heavy (non-hydrogen) atoms. The van der Waals surface area contributed by atoms with E-state index in [2.05, 4.69) is 0 Å². The number of nitrogens with zero attached hydrogens (tertiary/aromatic N) is 1. The molecule has 0 fully saturated rings. The van der Waals surface area contributed by atoms with Gasteiger partial charge in [0.2, 0.25) is 0 Å². The van der Waals surface area contributed by atoms with Crippen molar-refractivity contribution in [2.45, 2.75) is 10.6 Å². The Morgan fingerprint density at radius 2 is 1.84 bits per heavy atom. The van der Waals surface area contributed by atoms with Crippen LogP contribution in [0.15, 0.2) is 47.4 Å². The van der Waals surface area contributed by atoms with Crippen LogP contribution in [0.2, 0.25) is 0 Å². The molecule has 0 heterocycles. The number of nitriles is 1. The molecule has 0 aliphatic carbocycles. The van der Waals surface area contributed by atoms with E-state index >= 15 is 0 Å². The molecule has 2 rings (SSSR count). The third-order valence-electron chi connectivity index (χ3n) is 2.55. The van der Waals surface area contributed by atoms with Crippen molar-refractivity contribution < 1.29 is 13.0 Å². The summed E-state index contributed by atoms with van der Waals surface area (Å²) in [6, 6.07) is 11.4. The summed E-state index contributed by atoms with van der Waals surface area (Å²) >= 11 is 0. The van der Waals surface area contributed by atoms with Crippen molar-refractivity contribution in [3.05, 3.63) is 65.2 Å². The second kappa shape index (κ2) is 5.72. The molecule has 0 spiro atoms. The largest absolute Gasteiger partial charge is 0.254 e. The van der Waals surface area contributed by atoms with E-state index in [4.69, 9.17) is 5.26 Å². The summed E-state index contributed by atoms with van der Waals surface area (Å²) in [4.78, 5) is 0.0475. The minimum atomic E-state index is -1.66. The predicted octanol–water partition coefficient (Wildman–Crippen LogP) is 3.14. The maximum atomic E-state index is 13.6. The van der Waals surface area contributed by atoms with Gasteiger partial charge in [0.15, 0.2) is 0 Å². The standard InChI is InChI=1S/C14H9F2NOS/c15-12-3-1-2-4-14(12)19(18)9-11-6-5-10(8-17)7-13(11)16/h1-7H,9H2. The Bertz CT molecular complexity index is 679. The van der Waals surface area contributed by atoms with Crippen LogP contribution in [-0.2, 0) is 16.6 Å². The normalized spacial score (nSPS) is 11.8. The van der Waals surface area contributed by atoms with Crippen molar-refractivity contribution in [3.63, 3.8) is 0 Å². The van der Waals surface area contributed by atoms with Gasteiger partial charge in [-0.2, -0.15) is 5.26 Å². The lowest BCUT2D eigenvalue weighted by Gasteiger charge is -2.05. The zero-order valence-electron chi connectivity index (χ0n) is 9.77. The molecule has 0 aromatic heterocycles. The Hall–Kier alpha value is -2.06. The van der Waals surface area contributed by atoms with Crippen molar-refractivity contribution >= 4 is 10.8 Å². The molecule has 0 saturated heterocycles. The van der Waals surface area contributed by atoms with Crippen LogP contribution in [0.5, 0.6) is 0 Å². The predicted molar refractivity (Wildman–Crippen MR) is 67.6 cm³/mol. The lowest BCUT2D eigenvalue weighted by atomic mass is 10.1. The van der Waals surface area contributed by atoms with Crippen LogP contribution in [-0.4, -0.2) is 4.21 Å². The third-order valence-corrected chi connectivity index (χ3v) is 3.95. The molecule has 1 unspecified atom stereocenters. The first-order valence-corrected chi connectivity index (χ1v) is 6.75. The van der Waals surface area contributed by atoms with E-state index in [0.29, 0.717) is 0 Å². The average molecular weight is 277 g/mol. The highest BCUT2D eigenvalue weighted by atomic mass is 32.2. The van der Waals surface area contributed by atoms with Crippen LogP contribution < -0.4 is 0 Å². The molecule has 0 bridgehead atoms. The molecule has 0 radical (unpaired) electrons. The zero-order chi connectivity index (χ0) is 13.8. The average Bonchev–Trinajstić information content (AvgIpc) is 2.41. The molecule has 2 aromatic carbocycles. The summed E-state index contributed by atoms with van der Waals surface area (Å²) < 4.78 is 39.0. The first-order chi connectivity index (χ1) is 9.11. The lowest BCUT2D eigenvalue weighted by Crippen LogP contribution is -2.01. The number of hydrogen-bond acceptors (Lipinski definition) is 2. The second-order valence-corrected chi connectivity index (χ2v) is 5.26. The minimum Gasteiger partial charge on any atom is -0.254 e. The maximum absolute atomic E-state index is 13.6. The van der Waals surface area contributed by atoms with Gasteiger partial charge in [0.1, 0.15) is 11.6 Å². The Labute approximate surface area is 111 Å². The van der Waals surface area contributed by atoms with E-state index in [-0.39, 0.29) is 21.8 Å². The highest BCUT2D eigenvalue weighted by Gasteiger charge is 2.12. The number of benzene rings is 2. The molecular weight excluding hydrogens is 268 g/mol. The number of rotatable bonds is 3.